The number of ketones is 1. The Morgan fingerprint density at radius 3 is 1.46 bits per heavy atom. The van der Waals surface area contributed by atoms with Crippen LogP contribution in [0, 0.1) is 0 Å². The lowest BCUT2D eigenvalue weighted by atomic mass is 9.72. The van der Waals surface area contributed by atoms with Gasteiger partial charge in [-0.15, -0.1) is 13.2 Å². The molecule has 0 aromatic heterocycles. The number of rotatable bonds is 6. The van der Waals surface area contributed by atoms with Crippen LogP contribution in [-0.4, -0.2) is 5.78 Å². The molecule has 0 amide bonds. The summed E-state index contributed by atoms with van der Waals surface area (Å²) in [5.74, 6) is -0.0211. The van der Waals surface area contributed by atoms with Gasteiger partial charge in [0.05, 0.1) is 0 Å². The summed E-state index contributed by atoms with van der Waals surface area (Å²) in [4.78, 5) is 13.6. The first kappa shape index (κ1) is 16.1. The summed E-state index contributed by atoms with van der Waals surface area (Å²) in [5.41, 5.74) is -0.329. The molecule has 1 aliphatic heterocycles. The number of carbonyl (C=O) groups is 1. The molecule has 0 aliphatic carbocycles. The fraction of sp³-hybridized carbons (Fsp3) is 0.190. The maximum atomic E-state index is 13.6. The second-order valence-electron chi connectivity index (χ2n) is 5.97. The van der Waals surface area contributed by atoms with Crippen molar-refractivity contribution >= 4 is 5.78 Å². The summed E-state index contributed by atoms with van der Waals surface area (Å²) in [5, 5.41) is 9.03. The van der Waals surface area contributed by atoms with Crippen LogP contribution in [0.4, 0.5) is 0 Å². The first-order valence-corrected chi connectivity index (χ1v) is 8.01. The molecule has 0 saturated carbocycles. The van der Waals surface area contributed by atoms with Crippen LogP contribution in [-0.2, 0) is 15.9 Å². The predicted octanol–water partition coefficient (Wildman–Crippen LogP) is 4.96. The maximum Gasteiger partial charge on any atom is 0.201 e. The number of nitrogens with zero attached hydrogens (tertiary/aromatic N) is 2. The van der Waals surface area contributed by atoms with Crippen LogP contribution < -0.4 is 0 Å². The zero-order valence-corrected chi connectivity index (χ0v) is 13.6. The zero-order valence-electron chi connectivity index (χ0n) is 13.6. The molecule has 3 heteroatoms. The largest absolute Gasteiger partial charge is 0.293 e. The summed E-state index contributed by atoms with van der Waals surface area (Å²) in [7, 11) is 0. The molecule has 0 radical (unpaired) electrons. The first-order valence-electron chi connectivity index (χ1n) is 8.01. The van der Waals surface area contributed by atoms with Crippen LogP contribution in [0.1, 0.15) is 24.0 Å². The average Bonchev–Trinajstić information content (AvgIpc) is 2.92. The third-order valence-electron chi connectivity index (χ3n) is 4.52. The lowest BCUT2D eigenvalue weighted by Crippen LogP contribution is -2.42. The van der Waals surface area contributed by atoms with Crippen molar-refractivity contribution in [3.8, 4) is 0 Å². The summed E-state index contributed by atoms with van der Waals surface area (Å²) < 4.78 is 0. The van der Waals surface area contributed by atoms with E-state index >= 15 is 0 Å². The highest BCUT2D eigenvalue weighted by Gasteiger charge is 2.56. The minimum Gasteiger partial charge on any atom is -0.293 e. The monoisotopic (exact) mass is 316 g/mol. The van der Waals surface area contributed by atoms with Crippen LogP contribution in [0.25, 0.3) is 0 Å². The molecule has 0 spiro atoms. The Bertz CT molecular complexity index is 717. The fourth-order valence-electron chi connectivity index (χ4n) is 3.33. The van der Waals surface area contributed by atoms with Crippen LogP contribution >= 0.6 is 0 Å². The normalized spacial score (nSPS) is 25.6. The van der Waals surface area contributed by atoms with Gasteiger partial charge >= 0.3 is 0 Å². The Hall–Kier alpha value is -2.81. The van der Waals surface area contributed by atoms with Gasteiger partial charge in [-0.25, -0.2) is 0 Å². The van der Waals surface area contributed by atoms with E-state index in [1.807, 2.05) is 60.7 Å². The highest BCUT2D eigenvalue weighted by Crippen LogP contribution is 2.48. The number of azo groups is 1. The van der Waals surface area contributed by atoms with Crippen molar-refractivity contribution in [1.29, 1.82) is 0 Å². The lowest BCUT2D eigenvalue weighted by Gasteiger charge is -2.29. The molecular weight excluding hydrogens is 296 g/mol. The minimum absolute atomic E-state index is 0.0211. The van der Waals surface area contributed by atoms with Crippen LogP contribution in [0.2, 0.25) is 0 Å². The molecule has 3 nitrogen and oxygen atoms in total. The molecule has 1 heterocycles. The Kier molecular flexibility index (Phi) is 4.26. The molecule has 2 unspecified atom stereocenters. The molecule has 2 aromatic rings. The van der Waals surface area contributed by atoms with Gasteiger partial charge in [0.2, 0.25) is 5.78 Å². The second kappa shape index (κ2) is 6.36. The summed E-state index contributed by atoms with van der Waals surface area (Å²) in [6.07, 6.45) is 4.31. The van der Waals surface area contributed by atoms with Crippen molar-refractivity contribution in [3.05, 3.63) is 97.1 Å². The van der Waals surface area contributed by atoms with Gasteiger partial charge < -0.3 is 0 Å². The van der Waals surface area contributed by atoms with Gasteiger partial charge in [-0.2, -0.15) is 10.2 Å². The van der Waals surface area contributed by atoms with Crippen molar-refractivity contribution in [1.82, 2.24) is 0 Å². The second-order valence-corrected chi connectivity index (χ2v) is 5.97. The summed E-state index contributed by atoms with van der Waals surface area (Å²) >= 11 is 0. The fourth-order valence-corrected chi connectivity index (χ4v) is 3.33. The highest BCUT2D eigenvalue weighted by atomic mass is 16.1. The van der Waals surface area contributed by atoms with E-state index in [-0.39, 0.29) is 5.78 Å². The van der Waals surface area contributed by atoms with Gasteiger partial charge in [0.15, 0.2) is 11.1 Å². The Labute approximate surface area is 142 Å². The van der Waals surface area contributed by atoms with Crippen LogP contribution in [0.3, 0.4) is 0 Å². The molecule has 3 rings (SSSR count). The Balaban J connectivity index is 2.17. The quantitative estimate of drug-likeness (QED) is 0.694. The van der Waals surface area contributed by atoms with E-state index in [1.54, 1.807) is 12.2 Å². The van der Waals surface area contributed by atoms with Gasteiger partial charge in [-0.3, -0.25) is 4.79 Å². The van der Waals surface area contributed by atoms with E-state index in [4.69, 9.17) is 0 Å². The SMILES string of the molecule is C=CCC1(c2ccccc2)N=NC(CC=C)(c2ccccc2)C1=O. The third-order valence-corrected chi connectivity index (χ3v) is 4.52. The lowest BCUT2D eigenvalue weighted by molar-refractivity contribution is -0.127. The van der Waals surface area contributed by atoms with Gasteiger partial charge in [0.1, 0.15) is 0 Å². The number of Topliss-reactive ketones (excluding diaryl/α,β-unsaturated/α-hetero) is 1. The van der Waals surface area contributed by atoms with Gasteiger partial charge in [0, 0.05) is 12.8 Å². The predicted molar refractivity (Wildman–Crippen MR) is 95.7 cm³/mol. The molecule has 24 heavy (non-hydrogen) atoms. The van der Waals surface area contributed by atoms with Gasteiger partial charge in [-0.1, -0.05) is 72.8 Å². The maximum absolute atomic E-state index is 13.6. The summed E-state index contributed by atoms with van der Waals surface area (Å²) in [6, 6.07) is 19.2. The van der Waals surface area contributed by atoms with E-state index in [1.165, 1.54) is 0 Å². The van der Waals surface area contributed by atoms with E-state index < -0.39 is 11.1 Å². The molecule has 0 N–H and O–H groups in total. The van der Waals surface area contributed by atoms with Crippen molar-refractivity contribution in [2.45, 2.75) is 23.9 Å². The molecule has 2 aromatic carbocycles. The number of hydrogen-bond donors (Lipinski definition) is 0. The molecular formula is C21H20N2O. The van der Waals surface area contributed by atoms with Gasteiger partial charge in [-0.05, 0) is 11.1 Å². The standard InChI is InChI=1S/C21H20N2O/c1-3-15-20(17-11-7-5-8-12-17)19(24)21(16-4-2,23-22-20)18-13-9-6-10-14-18/h3-14H,1-2,15-16H2. The van der Waals surface area contributed by atoms with Gasteiger partial charge in [0.25, 0.3) is 0 Å². The van der Waals surface area contributed by atoms with E-state index in [0.717, 1.165) is 11.1 Å². The smallest absolute Gasteiger partial charge is 0.201 e. The van der Waals surface area contributed by atoms with E-state index in [0.29, 0.717) is 12.8 Å². The Morgan fingerprint density at radius 2 is 1.12 bits per heavy atom. The Morgan fingerprint density at radius 1 is 0.750 bits per heavy atom. The molecule has 0 bridgehead atoms. The highest BCUT2D eigenvalue weighted by molar-refractivity contribution is 6.00. The summed E-state index contributed by atoms with van der Waals surface area (Å²) in [6.45, 7) is 7.64. The van der Waals surface area contributed by atoms with E-state index in [9.17, 15) is 4.79 Å². The number of hydrogen-bond acceptors (Lipinski definition) is 3. The average molecular weight is 316 g/mol. The molecule has 0 saturated heterocycles. The number of carbonyl (C=O) groups excluding carboxylic acids is 1. The van der Waals surface area contributed by atoms with Crippen molar-refractivity contribution < 1.29 is 4.79 Å². The molecule has 120 valence electrons. The van der Waals surface area contributed by atoms with Crippen molar-refractivity contribution in [2.75, 3.05) is 0 Å². The first-order chi connectivity index (χ1) is 11.7. The van der Waals surface area contributed by atoms with Crippen LogP contribution in [0.5, 0.6) is 0 Å². The van der Waals surface area contributed by atoms with Crippen molar-refractivity contribution in [3.63, 3.8) is 0 Å². The topological polar surface area (TPSA) is 41.8 Å². The van der Waals surface area contributed by atoms with Crippen LogP contribution in [0.15, 0.2) is 96.2 Å². The van der Waals surface area contributed by atoms with E-state index in [2.05, 4.69) is 23.4 Å². The molecule has 1 aliphatic rings. The molecule has 0 fully saturated rings. The molecule has 2 atom stereocenters. The number of benzene rings is 2. The minimum atomic E-state index is -1.01. The zero-order chi connectivity index (χ0) is 17.0. The van der Waals surface area contributed by atoms with Crippen molar-refractivity contribution in [2.24, 2.45) is 10.2 Å². The third kappa shape index (κ3) is 2.33.